The third kappa shape index (κ3) is 4.48. The van der Waals surface area contributed by atoms with Gasteiger partial charge in [0.25, 0.3) is 0 Å². The van der Waals surface area contributed by atoms with Crippen LogP contribution in [0.2, 0.25) is 0 Å². The Morgan fingerprint density at radius 1 is 1.53 bits per heavy atom. The van der Waals surface area contributed by atoms with Gasteiger partial charge in [-0.1, -0.05) is 12.2 Å². The lowest BCUT2D eigenvalue weighted by Gasteiger charge is -2.21. The molecule has 17 heavy (non-hydrogen) atoms. The molecule has 0 radical (unpaired) electrons. The summed E-state index contributed by atoms with van der Waals surface area (Å²) in [7, 11) is 2.10. The van der Waals surface area contributed by atoms with Crippen LogP contribution in [-0.2, 0) is 0 Å². The molecule has 0 unspecified atom stereocenters. The van der Waals surface area contributed by atoms with Crippen LogP contribution in [0.5, 0.6) is 0 Å². The van der Waals surface area contributed by atoms with E-state index in [0.29, 0.717) is 4.99 Å². The van der Waals surface area contributed by atoms with Crippen LogP contribution >= 0.6 is 39.9 Å². The number of halogens is 1. The van der Waals surface area contributed by atoms with Gasteiger partial charge in [-0.2, -0.15) is 11.8 Å². The second kappa shape index (κ2) is 7.24. The van der Waals surface area contributed by atoms with Crippen LogP contribution in [0.3, 0.4) is 0 Å². The minimum absolute atomic E-state index is 0.433. The lowest BCUT2D eigenvalue weighted by molar-refractivity contribution is 0.858. The van der Waals surface area contributed by atoms with Crippen molar-refractivity contribution in [3.8, 4) is 0 Å². The predicted octanol–water partition coefficient (Wildman–Crippen LogP) is 3.27. The Labute approximate surface area is 121 Å². The largest absolute Gasteiger partial charge is 0.389 e. The Kier molecular flexibility index (Phi) is 6.30. The summed E-state index contributed by atoms with van der Waals surface area (Å²) in [4.78, 5) is 2.67. The van der Waals surface area contributed by atoms with Crippen LogP contribution in [-0.4, -0.2) is 30.6 Å². The van der Waals surface area contributed by atoms with E-state index in [1.807, 2.05) is 23.9 Å². The van der Waals surface area contributed by atoms with Crippen molar-refractivity contribution in [3.63, 3.8) is 0 Å². The highest BCUT2D eigenvalue weighted by Crippen LogP contribution is 2.26. The molecule has 0 aliphatic heterocycles. The topological polar surface area (TPSA) is 29.3 Å². The molecule has 0 saturated carbocycles. The summed E-state index contributed by atoms with van der Waals surface area (Å²) in [5.74, 6) is 1.19. The summed E-state index contributed by atoms with van der Waals surface area (Å²) in [5.41, 5.74) is 7.67. The number of thioether (sulfide) groups is 1. The fourth-order valence-corrected chi connectivity index (χ4v) is 2.76. The Balaban J connectivity index is 2.74. The molecule has 0 aromatic heterocycles. The summed E-state index contributed by atoms with van der Waals surface area (Å²) in [5, 5.41) is 0. The first-order valence-corrected chi connectivity index (χ1v) is 7.95. The SMILES string of the molecule is CSCCCN(C)c1ccc(C(N)=S)cc1Br. The second-order valence-corrected chi connectivity index (χ2v) is 6.08. The number of anilines is 1. The molecule has 1 aromatic rings. The Hall–Kier alpha value is -0.260. The Morgan fingerprint density at radius 2 is 2.24 bits per heavy atom. The van der Waals surface area contributed by atoms with E-state index in [2.05, 4.69) is 40.2 Å². The maximum Gasteiger partial charge on any atom is 0.104 e. The highest BCUT2D eigenvalue weighted by molar-refractivity contribution is 9.10. The smallest absolute Gasteiger partial charge is 0.104 e. The zero-order chi connectivity index (χ0) is 12.8. The number of hydrogen-bond acceptors (Lipinski definition) is 3. The summed E-state index contributed by atoms with van der Waals surface area (Å²) >= 11 is 10.4. The highest BCUT2D eigenvalue weighted by atomic mass is 79.9. The number of thiocarbonyl (C=S) groups is 1. The van der Waals surface area contributed by atoms with Crippen molar-refractivity contribution in [2.24, 2.45) is 5.73 Å². The summed E-state index contributed by atoms with van der Waals surface area (Å²) in [6, 6.07) is 5.99. The average Bonchev–Trinajstić information content (AvgIpc) is 2.28. The lowest BCUT2D eigenvalue weighted by Crippen LogP contribution is -2.20. The maximum absolute atomic E-state index is 5.60. The van der Waals surface area contributed by atoms with Gasteiger partial charge >= 0.3 is 0 Å². The minimum Gasteiger partial charge on any atom is -0.389 e. The number of rotatable bonds is 6. The molecule has 1 rings (SSSR count). The molecule has 0 amide bonds. The quantitative estimate of drug-likeness (QED) is 0.639. The molecular weight excluding hydrogens is 316 g/mol. The first kappa shape index (κ1) is 14.8. The molecule has 1 aromatic carbocycles. The van der Waals surface area contributed by atoms with Gasteiger partial charge < -0.3 is 10.6 Å². The van der Waals surface area contributed by atoms with Gasteiger partial charge in [-0.25, -0.2) is 0 Å². The summed E-state index contributed by atoms with van der Waals surface area (Å²) < 4.78 is 1.04. The molecule has 2 nitrogen and oxygen atoms in total. The van der Waals surface area contributed by atoms with Crippen molar-refractivity contribution in [3.05, 3.63) is 28.2 Å². The van der Waals surface area contributed by atoms with Crippen molar-refractivity contribution in [1.29, 1.82) is 0 Å². The molecule has 2 N–H and O–H groups in total. The van der Waals surface area contributed by atoms with Crippen molar-refractivity contribution in [2.45, 2.75) is 6.42 Å². The van der Waals surface area contributed by atoms with Crippen LogP contribution < -0.4 is 10.6 Å². The van der Waals surface area contributed by atoms with E-state index in [1.54, 1.807) is 0 Å². The van der Waals surface area contributed by atoms with Crippen molar-refractivity contribution < 1.29 is 0 Å². The Bertz CT molecular complexity index is 396. The van der Waals surface area contributed by atoms with Crippen molar-refractivity contribution in [1.82, 2.24) is 0 Å². The molecule has 0 saturated heterocycles. The number of benzene rings is 1. The molecule has 0 fully saturated rings. The molecule has 5 heteroatoms. The normalized spacial score (nSPS) is 10.3. The van der Waals surface area contributed by atoms with E-state index in [0.717, 1.165) is 16.6 Å². The van der Waals surface area contributed by atoms with Gasteiger partial charge in [0.15, 0.2) is 0 Å². The molecule has 0 bridgehead atoms. The number of nitrogens with zero attached hydrogens (tertiary/aromatic N) is 1. The second-order valence-electron chi connectivity index (χ2n) is 3.80. The fourth-order valence-electron chi connectivity index (χ4n) is 1.54. The van der Waals surface area contributed by atoms with Gasteiger partial charge in [0.05, 0.1) is 5.69 Å². The van der Waals surface area contributed by atoms with Gasteiger partial charge in [-0.3, -0.25) is 0 Å². The van der Waals surface area contributed by atoms with E-state index < -0.39 is 0 Å². The van der Waals surface area contributed by atoms with Crippen LogP contribution in [0.1, 0.15) is 12.0 Å². The van der Waals surface area contributed by atoms with E-state index in [9.17, 15) is 0 Å². The first-order chi connectivity index (χ1) is 8.06. The van der Waals surface area contributed by atoms with E-state index in [4.69, 9.17) is 18.0 Å². The third-order valence-corrected chi connectivity index (χ3v) is 4.05. The molecular formula is C12H17BrN2S2. The average molecular weight is 333 g/mol. The van der Waals surface area contributed by atoms with Crippen LogP contribution in [0.25, 0.3) is 0 Å². The summed E-state index contributed by atoms with van der Waals surface area (Å²) in [6.45, 7) is 1.05. The molecule has 0 atom stereocenters. The zero-order valence-corrected chi connectivity index (χ0v) is 13.3. The molecule has 0 aliphatic carbocycles. The Morgan fingerprint density at radius 3 is 2.76 bits per heavy atom. The highest BCUT2D eigenvalue weighted by Gasteiger charge is 2.07. The lowest BCUT2D eigenvalue weighted by atomic mass is 10.2. The number of hydrogen-bond donors (Lipinski definition) is 1. The van der Waals surface area contributed by atoms with Gasteiger partial charge in [0.2, 0.25) is 0 Å². The van der Waals surface area contributed by atoms with Gasteiger partial charge in [-0.15, -0.1) is 0 Å². The van der Waals surface area contributed by atoms with E-state index >= 15 is 0 Å². The molecule has 0 spiro atoms. The van der Waals surface area contributed by atoms with Gasteiger partial charge in [-0.05, 0) is 52.6 Å². The van der Waals surface area contributed by atoms with E-state index in [-0.39, 0.29) is 0 Å². The van der Waals surface area contributed by atoms with Crippen molar-refractivity contribution >= 4 is 50.6 Å². The van der Waals surface area contributed by atoms with Crippen LogP contribution in [0, 0.1) is 0 Å². The van der Waals surface area contributed by atoms with Crippen LogP contribution in [0.4, 0.5) is 5.69 Å². The maximum atomic E-state index is 5.60. The standard InChI is InChI=1S/C12H17BrN2S2/c1-15(6-3-7-17-2)11-5-4-9(12(14)16)8-10(11)13/h4-5,8H,3,6-7H2,1-2H3,(H2,14,16). The number of nitrogens with two attached hydrogens (primary N) is 1. The minimum atomic E-state index is 0.433. The van der Waals surface area contributed by atoms with Gasteiger partial charge in [0.1, 0.15) is 4.99 Å². The first-order valence-electron chi connectivity index (χ1n) is 5.35. The predicted molar refractivity (Wildman–Crippen MR) is 86.3 cm³/mol. The zero-order valence-electron chi connectivity index (χ0n) is 10.1. The van der Waals surface area contributed by atoms with Gasteiger partial charge in [0, 0.05) is 23.6 Å². The third-order valence-electron chi connectivity index (χ3n) is 2.49. The monoisotopic (exact) mass is 332 g/mol. The molecule has 0 heterocycles. The molecule has 0 aliphatic rings. The van der Waals surface area contributed by atoms with Crippen molar-refractivity contribution in [2.75, 3.05) is 30.5 Å². The van der Waals surface area contributed by atoms with Crippen LogP contribution in [0.15, 0.2) is 22.7 Å². The van der Waals surface area contributed by atoms with E-state index in [1.165, 1.54) is 17.9 Å². The summed E-state index contributed by atoms with van der Waals surface area (Å²) in [6.07, 6.45) is 3.31. The fraction of sp³-hybridized carbons (Fsp3) is 0.417. The molecule has 94 valence electrons.